The minimum atomic E-state index is -0.938. The van der Waals surface area contributed by atoms with Gasteiger partial charge in [0.25, 0.3) is 5.91 Å². The minimum absolute atomic E-state index is 0.00477. The van der Waals surface area contributed by atoms with E-state index >= 15 is 0 Å². The van der Waals surface area contributed by atoms with E-state index in [1.54, 1.807) is 17.5 Å². The zero-order chi connectivity index (χ0) is 23.7. The standard InChI is InChI=1S/C25H22FN3O4S/c26-17-8-6-15(7-9-17)12-18(25(32)29-11-10-21-22(29)20(30)13-33-21)27-23(31)19-14-34-24(28-19)16-4-2-1-3-5-16/h1-9,14,18,21-22H,10-13H2,(H,27,31). The molecule has 9 heteroatoms. The second-order valence-corrected chi connectivity index (χ2v) is 9.20. The predicted octanol–water partition coefficient (Wildman–Crippen LogP) is 2.86. The number of nitrogens with zero attached hydrogens (tertiary/aromatic N) is 2. The lowest BCUT2D eigenvalue weighted by atomic mass is 10.0. The molecule has 0 radical (unpaired) electrons. The van der Waals surface area contributed by atoms with Crippen LogP contribution in [0.5, 0.6) is 0 Å². The van der Waals surface area contributed by atoms with Crippen molar-refractivity contribution in [1.29, 1.82) is 0 Å². The number of rotatable bonds is 6. The molecular weight excluding hydrogens is 457 g/mol. The highest BCUT2D eigenvalue weighted by molar-refractivity contribution is 7.13. The molecule has 7 nitrogen and oxygen atoms in total. The average Bonchev–Trinajstić information content (AvgIpc) is 3.58. The van der Waals surface area contributed by atoms with Gasteiger partial charge in [0.05, 0.1) is 6.10 Å². The number of thiazole rings is 1. The number of ether oxygens (including phenoxy) is 1. The molecule has 1 N–H and O–H groups in total. The van der Waals surface area contributed by atoms with Gasteiger partial charge < -0.3 is 15.0 Å². The highest BCUT2D eigenvalue weighted by Gasteiger charge is 2.48. The Morgan fingerprint density at radius 1 is 1.18 bits per heavy atom. The first-order chi connectivity index (χ1) is 16.5. The van der Waals surface area contributed by atoms with Crippen molar-refractivity contribution in [3.05, 3.63) is 77.1 Å². The first-order valence-electron chi connectivity index (χ1n) is 11.0. The molecule has 2 aliphatic rings. The fraction of sp³-hybridized carbons (Fsp3) is 0.280. The maximum Gasteiger partial charge on any atom is 0.271 e. The van der Waals surface area contributed by atoms with Crippen molar-refractivity contribution in [3.63, 3.8) is 0 Å². The van der Waals surface area contributed by atoms with Gasteiger partial charge in [-0.05, 0) is 24.1 Å². The topological polar surface area (TPSA) is 88.6 Å². The summed E-state index contributed by atoms with van der Waals surface area (Å²) in [7, 11) is 0. The van der Waals surface area contributed by atoms with Crippen molar-refractivity contribution in [2.75, 3.05) is 13.2 Å². The van der Waals surface area contributed by atoms with Gasteiger partial charge in [-0.25, -0.2) is 9.37 Å². The second-order valence-electron chi connectivity index (χ2n) is 8.34. The summed E-state index contributed by atoms with van der Waals surface area (Å²) in [6.07, 6.45) is 0.431. The molecule has 3 unspecified atom stereocenters. The Balaban J connectivity index is 1.37. The van der Waals surface area contributed by atoms with E-state index in [2.05, 4.69) is 10.3 Å². The molecule has 3 aromatic rings. The lowest BCUT2D eigenvalue weighted by Crippen LogP contribution is -2.53. The maximum absolute atomic E-state index is 13.5. The molecule has 2 fully saturated rings. The van der Waals surface area contributed by atoms with Gasteiger partial charge >= 0.3 is 0 Å². The number of ketones is 1. The largest absolute Gasteiger partial charge is 0.368 e. The summed E-state index contributed by atoms with van der Waals surface area (Å²) in [6.45, 7) is 0.375. The third-order valence-electron chi connectivity index (χ3n) is 6.11. The normalized spacial score (nSPS) is 20.3. The number of likely N-dealkylation sites (tertiary alicyclic amines) is 1. The van der Waals surface area contributed by atoms with E-state index in [1.165, 1.54) is 28.4 Å². The summed E-state index contributed by atoms with van der Waals surface area (Å²) in [5, 5.41) is 5.15. The highest BCUT2D eigenvalue weighted by Crippen LogP contribution is 2.28. The Bertz CT molecular complexity index is 1210. The summed E-state index contributed by atoms with van der Waals surface area (Å²) in [6, 6.07) is 13.7. The van der Waals surface area contributed by atoms with E-state index in [9.17, 15) is 18.8 Å². The van der Waals surface area contributed by atoms with E-state index < -0.39 is 18.0 Å². The number of aromatic nitrogens is 1. The van der Waals surface area contributed by atoms with Crippen LogP contribution in [-0.4, -0.2) is 58.8 Å². The number of benzene rings is 2. The second kappa shape index (κ2) is 9.44. The van der Waals surface area contributed by atoms with Gasteiger partial charge in [-0.3, -0.25) is 14.4 Å². The number of hydrogen-bond donors (Lipinski definition) is 1. The van der Waals surface area contributed by atoms with Gasteiger partial charge in [-0.1, -0.05) is 42.5 Å². The molecule has 2 amide bonds. The van der Waals surface area contributed by atoms with E-state index in [1.807, 2.05) is 30.3 Å². The van der Waals surface area contributed by atoms with Gasteiger partial charge in [0, 0.05) is 23.9 Å². The van der Waals surface area contributed by atoms with Crippen LogP contribution in [0.25, 0.3) is 10.6 Å². The van der Waals surface area contributed by atoms with Crippen LogP contribution in [0.2, 0.25) is 0 Å². The Kier molecular flexibility index (Phi) is 6.21. The molecule has 0 aliphatic carbocycles. The summed E-state index contributed by atoms with van der Waals surface area (Å²) < 4.78 is 18.9. The van der Waals surface area contributed by atoms with Gasteiger partial charge in [0.2, 0.25) is 5.91 Å². The summed E-state index contributed by atoms with van der Waals surface area (Å²) in [5.41, 5.74) is 1.79. The van der Waals surface area contributed by atoms with Crippen molar-refractivity contribution in [2.45, 2.75) is 31.0 Å². The Morgan fingerprint density at radius 3 is 2.71 bits per heavy atom. The molecule has 0 bridgehead atoms. The molecule has 0 saturated carbocycles. The fourth-order valence-corrected chi connectivity index (χ4v) is 5.23. The number of carbonyl (C=O) groups is 3. The molecule has 1 aromatic heterocycles. The SMILES string of the molecule is O=C(NC(Cc1ccc(F)cc1)C(=O)N1CCC2OCC(=O)C21)c1csc(-c2ccccc2)n1. The third-order valence-corrected chi connectivity index (χ3v) is 7.00. The van der Waals surface area contributed by atoms with Crippen LogP contribution in [0.3, 0.4) is 0 Å². The van der Waals surface area contributed by atoms with Gasteiger partial charge in [0.1, 0.15) is 35.2 Å². The Morgan fingerprint density at radius 2 is 1.94 bits per heavy atom. The predicted molar refractivity (Wildman–Crippen MR) is 124 cm³/mol. The summed E-state index contributed by atoms with van der Waals surface area (Å²) in [5.74, 6) is -1.36. The molecule has 2 aliphatic heterocycles. The molecular formula is C25H22FN3O4S. The number of halogens is 1. The highest BCUT2D eigenvalue weighted by atomic mass is 32.1. The van der Waals surface area contributed by atoms with Crippen LogP contribution in [0.1, 0.15) is 22.5 Å². The zero-order valence-electron chi connectivity index (χ0n) is 18.1. The first kappa shape index (κ1) is 22.4. The molecule has 0 spiro atoms. The molecule has 174 valence electrons. The first-order valence-corrected chi connectivity index (χ1v) is 11.9. The molecule has 2 aromatic carbocycles. The third kappa shape index (κ3) is 4.49. The van der Waals surface area contributed by atoms with Crippen molar-refractivity contribution in [1.82, 2.24) is 15.2 Å². The maximum atomic E-state index is 13.5. The van der Waals surface area contributed by atoms with Crippen LogP contribution in [0.4, 0.5) is 4.39 Å². The zero-order valence-corrected chi connectivity index (χ0v) is 19.0. The lowest BCUT2D eigenvalue weighted by molar-refractivity contribution is -0.138. The number of hydrogen-bond acceptors (Lipinski definition) is 6. The van der Waals surface area contributed by atoms with Crippen molar-refractivity contribution >= 4 is 28.9 Å². The van der Waals surface area contributed by atoms with Gasteiger partial charge in [-0.2, -0.15) is 0 Å². The Hall–Kier alpha value is -3.43. The van der Waals surface area contributed by atoms with Crippen LogP contribution in [-0.2, 0) is 20.7 Å². The van der Waals surface area contributed by atoms with Gasteiger partial charge in [-0.15, -0.1) is 11.3 Å². The quantitative estimate of drug-likeness (QED) is 0.588. The van der Waals surface area contributed by atoms with E-state index in [0.717, 1.165) is 5.56 Å². The van der Waals surface area contributed by atoms with Crippen molar-refractivity contribution < 1.29 is 23.5 Å². The summed E-state index contributed by atoms with van der Waals surface area (Å²) in [4.78, 5) is 44.8. The van der Waals surface area contributed by atoms with Crippen LogP contribution >= 0.6 is 11.3 Å². The monoisotopic (exact) mass is 479 g/mol. The molecule has 5 rings (SSSR count). The van der Waals surface area contributed by atoms with E-state index in [0.29, 0.717) is 23.5 Å². The number of nitrogens with one attached hydrogen (secondary N) is 1. The lowest BCUT2D eigenvalue weighted by Gasteiger charge is -2.27. The van der Waals surface area contributed by atoms with E-state index in [-0.39, 0.29) is 42.3 Å². The molecule has 3 atom stereocenters. The molecule has 3 heterocycles. The smallest absolute Gasteiger partial charge is 0.271 e. The van der Waals surface area contributed by atoms with Crippen molar-refractivity contribution in [2.24, 2.45) is 0 Å². The summed E-state index contributed by atoms with van der Waals surface area (Å²) >= 11 is 1.34. The van der Waals surface area contributed by atoms with Crippen LogP contribution < -0.4 is 5.32 Å². The number of carbonyl (C=O) groups excluding carboxylic acids is 3. The van der Waals surface area contributed by atoms with Crippen LogP contribution in [0, 0.1) is 5.82 Å². The fourth-order valence-electron chi connectivity index (χ4n) is 4.42. The number of Topliss-reactive ketones (excluding diaryl/α,β-unsaturated/α-hetero) is 1. The van der Waals surface area contributed by atoms with Crippen molar-refractivity contribution in [3.8, 4) is 10.6 Å². The molecule has 2 saturated heterocycles. The Labute approximate surface area is 199 Å². The van der Waals surface area contributed by atoms with Gasteiger partial charge in [0.15, 0.2) is 5.78 Å². The number of fused-ring (bicyclic) bond motifs is 1. The average molecular weight is 480 g/mol. The molecule has 34 heavy (non-hydrogen) atoms. The van der Waals surface area contributed by atoms with E-state index in [4.69, 9.17) is 4.74 Å². The minimum Gasteiger partial charge on any atom is -0.368 e. The number of amides is 2. The van der Waals surface area contributed by atoms with Crippen LogP contribution in [0.15, 0.2) is 60.0 Å².